The highest BCUT2D eigenvalue weighted by molar-refractivity contribution is 5.87. The van der Waals surface area contributed by atoms with E-state index in [1.54, 1.807) is 0 Å². The van der Waals surface area contributed by atoms with Gasteiger partial charge in [-0.15, -0.1) is 174 Å². The third kappa shape index (κ3) is 221. The minimum absolute atomic E-state index is 0. The molecule has 0 atom stereocenters. The Hall–Kier alpha value is 4.06. The monoisotopic (exact) mass is 504 g/mol. The lowest BCUT2D eigenvalue weighted by Crippen LogP contribution is 0.688. The molecular weight excluding hydrogens is 496 g/mol. The number of rotatable bonds is 0. The predicted octanol–water partition coefficient (Wildman–Crippen LogP) is 5.91. The molecule has 0 aromatic carbocycles. The average Bonchev–Trinajstić information content (AvgIpc) is 0. The maximum Gasteiger partial charge on any atom is -0.147 e. The van der Waals surface area contributed by atoms with Crippen molar-refractivity contribution in [1.29, 1.82) is 0 Å². The zero-order valence-corrected chi connectivity index (χ0v) is 17.1. The molecule has 14 heavy (non-hydrogen) atoms. The molecule has 0 amide bonds. The standard InChI is InChI=1S/14ClH/h14*1H. The molecule has 0 saturated heterocycles. The number of hydrogen-bond acceptors (Lipinski definition) is 0. The Morgan fingerprint density at radius 2 is 0.0714 bits per heavy atom. The van der Waals surface area contributed by atoms with Gasteiger partial charge in [0.25, 0.3) is 0 Å². The summed E-state index contributed by atoms with van der Waals surface area (Å²) in [4.78, 5) is 0. The van der Waals surface area contributed by atoms with Gasteiger partial charge < -0.3 is 0 Å². The first-order valence-electron chi connectivity index (χ1n) is 0. The second-order valence-corrected chi connectivity index (χ2v) is 0. The van der Waals surface area contributed by atoms with E-state index in [2.05, 4.69) is 0 Å². The first kappa shape index (κ1) is 319. The number of hydrogen-bond donors (Lipinski definition) is 0. The summed E-state index contributed by atoms with van der Waals surface area (Å²) < 4.78 is 0. The SMILES string of the molecule is Cl.Cl.Cl.Cl.Cl.Cl.Cl.Cl.Cl.Cl.Cl.Cl.Cl.Cl. The molecule has 0 saturated carbocycles. The van der Waals surface area contributed by atoms with E-state index in [9.17, 15) is 0 Å². The average molecular weight is 510 g/mol. The second kappa shape index (κ2) is 267. The lowest BCUT2D eigenvalue weighted by Gasteiger charge is -0.148. The van der Waals surface area contributed by atoms with Gasteiger partial charge in [0.15, 0.2) is 0 Å². The second-order valence-electron chi connectivity index (χ2n) is 0. The van der Waals surface area contributed by atoms with Crippen LogP contribution in [0.1, 0.15) is 0 Å². The molecule has 0 fully saturated rings. The molecule has 0 heterocycles. The van der Waals surface area contributed by atoms with Gasteiger partial charge in [-0.1, -0.05) is 0 Å². The zero-order chi connectivity index (χ0) is 0. The first-order chi connectivity index (χ1) is 0. The van der Waals surface area contributed by atoms with E-state index < -0.39 is 0 Å². The van der Waals surface area contributed by atoms with Crippen LogP contribution in [0.2, 0.25) is 0 Å². The van der Waals surface area contributed by atoms with E-state index in [4.69, 9.17) is 0 Å². The zero-order valence-electron chi connectivity index (χ0n) is 5.72. The Bertz CT molecular complexity index is 0. The summed E-state index contributed by atoms with van der Waals surface area (Å²) in [7, 11) is 0. The predicted molar refractivity (Wildman–Crippen MR) is 101 cm³/mol. The molecule has 0 unspecified atom stereocenters. The van der Waals surface area contributed by atoms with Crippen LogP contribution in [-0.4, -0.2) is 0 Å². The van der Waals surface area contributed by atoms with Crippen molar-refractivity contribution in [2.45, 2.75) is 0 Å². The smallest absolute Gasteiger partial charge is 0.147 e. The normalized spacial score (nSPS) is 0. The summed E-state index contributed by atoms with van der Waals surface area (Å²) >= 11 is 0. The minimum Gasteiger partial charge on any atom is -0.147 e. The van der Waals surface area contributed by atoms with Crippen LogP contribution in [0.25, 0.3) is 0 Å². The van der Waals surface area contributed by atoms with Crippen LogP contribution >= 0.6 is 174 Å². The molecule has 0 spiro atoms. The van der Waals surface area contributed by atoms with Gasteiger partial charge in [-0.3, -0.25) is 0 Å². The molecule has 0 nitrogen and oxygen atoms in total. The van der Waals surface area contributed by atoms with Crippen molar-refractivity contribution < 1.29 is 0 Å². The molecule has 112 valence electrons. The van der Waals surface area contributed by atoms with Crippen LogP contribution in [0.5, 0.6) is 0 Å². The Morgan fingerprint density at radius 1 is 0.0714 bits per heavy atom. The van der Waals surface area contributed by atoms with E-state index in [1.807, 2.05) is 0 Å². The molecule has 0 aliphatic rings. The summed E-state index contributed by atoms with van der Waals surface area (Å²) in [5, 5.41) is 0. The number of halogens is 14. The minimum atomic E-state index is 0. The maximum atomic E-state index is 0. The van der Waals surface area contributed by atoms with E-state index in [-0.39, 0.29) is 174 Å². The third-order valence-corrected chi connectivity index (χ3v) is 0. The van der Waals surface area contributed by atoms with Crippen molar-refractivity contribution in [3.8, 4) is 0 Å². The lowest BCUT2D eigenvalue weighted by atomic mass is 35.5. The van der Waals surface area contributed by atoms with Crippen LogP contribution in [0, 0.1) is 0 Å². The van der Waals surface area contributed by atoms with Gasteiger partial charge in [-0.2, -0.15) is 0 Å². The summed E-state index contributed by atoms with van der Waals surface area (Å²) in [5.41, 5.74) is 0. The fraction of sp³-hybridized carbons (Fsp3) is 0. The molecule has 14 heteroatoms. The highest BCUT2D eigenvalue weighted by Gasteiger charge is -0.134. The topological polar surface area (TPSA) is 0 Å². The Labute approximate surface area is 172 Å². The highest BCUT2D eigenvalue weighted by Crippen LogP contribution is 0.702. The van der Waals surface area contributed by atoms with E-state index in [0.29, 0.717) is 0 Å². The highest BCUT2D eigenvalue weighted by atomic mass is 35.5. The Kier molecular flexibility index (Phi) is 6080. The summed E-state index contributed by atoms with van der Waals surface area (Å²) in [6.07, 6.45) is 0. The van der Waals surface area contributed by atoms with Crippen molar-refractivity contribution in [3.63, 3.8) is 0 Å². The van der Waals surface area contributed by atoms with Gasteiger partial charge in [0.2, 0.25) is 0 Å². The van der Waals surface area contributed by atoms with Crippen molar-refractivity contribution in [3.05, 3.63) is 0 Å². The maximum absolute atomic E-state index is 0. The van der Waals surface area contributed by atoms with E-state index in [1.165, 1.54) is 0 Å². The van der Waals surface area contributed by atoms with Crippen molar-refractivity contribution >= 4 is 174 Å². The van der Waals surface area contributed by atoms with E-state index >= 15 is 0 Å². The quantitative estimate of drug-likeness (QED) is 0.381. The summed E-state index contributed by atoms with van der Waals surface area (Å²) in [6, 6.07) is 0. The molecule has 0 aromatic heterocycles. The fourth-order valence-electron chi connectivity index (χ4n) is 0. The van der Waals surface area contributed by atoms with Crippen LogP contribution in [0.4, 0.5) is 0 Å². The fourth-order valence-corrected chi connectivity index (χ4v) is 0. The molecule has 0 aromatic rings. The molecule has 0 N–H and O–H groups in total. The third-order valence-electron chi connectivity index (χ3n) is 0. The summed E-state index contributed by atoms with van der Waals surface area (Å²) in [5.74, 6) is 0. The molecule has 0 aliphatic carbocycles. The molecular formula is H14Cl14. The van der Waals surface area contributed by atoms with E-state index in [0.717, 1.165) is 0 Å². The molecule has 0 bridgehead atoms. The molecule has 0 radical (unpaired) electrons. The Morgan fingerprint density at radius 3 is 0.0714 bits per heavy atom. The van der Waals surface area contributed by atoms with Crippen LogP contribution < -0.4 is 0 Å². The van der Waals surface area contributed by atoms with Crippen LogP contribution in [-0.2, 0) is 0 Å². The summed E-state index contributed by atoms with van der Waals surface area (Å²) in [6.45, 7) is 0. The first-order valence-corrected chi connectivity index (χ1v) is 0. The van der Waals surface area contributed by atoms with Gasteiger partial charge in [-0.05, 0) is 0 Å². The van der Waals surface area contributed by atoms with Crippen LogP contribution in [0.15, 0.2) is 0 Å². The van der Waals surface area contributed by atoms with Crippen molar-refractivity contribution in [2.75, 3.05) is 0 Å². The largest absolute Gasteiger partial charge is 0.147 e. The van der Waals surface area contributed by atoms with Gasteiger partial charge in [0, 0.05) is 0 Å². The van der Waals surface area contributed by atoms with Gasteiger partial charge >= 0.3 is 0 Å². The molecule has 0 rings (SSSR count). The molecule has 0 aliphatic heterocycles. The Balaban J connectivity index is 0. The van der Waals surface area contributed by atoms with Crippen molar-refractivity contribution in [2.24, 2.45) is 0 Å². The van der Waals surface area contributed by atoms with Gasteiger partial charge in [0.1, 0.15) is 0 Å². The lowest BCUT2D eigenvalue weighted by molar-refractivity contribution is 5.85. The van der Waals surface area contributed by atoms with Gasteiger partial charge in [0.05, 0.1) is 0 Å². The van der Waals surface area contributed by atoms with Crippen LogP contribution in [0.3, 0.4) is 0 Å². The van der Waals surface area contributed by atoms with Gasteiger partial charge in [-0.25, -0.2) is 0 Å². The van der Waals surface area contributed by atoms with Crippen molar-refractivity contribution in [1.82, 2.24) is 0 Å².